The van der Waals surface area contributed by atoms with E-state index < -0.39 is 10.0 Å². The summed E-state index contributed by atoms with van der Waals surface area (Å²) in [5.41, 5.74) is 2.95. The molecule has 3 aromatic rings. The highest BCUT2D eigenvalue weighted by atomic mass is 32.2. The molecule has 164 valence electrons. The molecule has 32 heavy (non-hydrogen) atoms. The second kappa shape index (κ2) is 9.57. The molecular weight excluding hydrogens is 442 g/mol. The normalized spacial score (nSPS) is 11.2. The van der Waals surface area contributed by atoms with Gasteiger partial charge in [0, 0.05) is 29.6 Å². The number of rotatable bonds is 6. The van der Waals surface area contributed by atoms with Gasteiger partial charge in [-0.3, -0.25) is 4.79 Å². The average Bonchev–Trinajstić information content (AvgIpc) is 2.77. The molecule has 0 saturated heterocycles. The molecule has 0 unspecified atom stereocenters. The number of carbonyl (C=O) groups is 1. The number of nitriles is 1. The number of amides is 1. The minimum Gasteiger partial charge on any atom is -0.322 e. The van der Waals surface area contributed by atoms with Gasteiger partial charge in [0.2, 0.25) is 10.0 Å². The van der Waals surface area contributed by atoms with E-state index in [1.807, 2.05) is 38.1 Å². The molecule has 0 heterocycles. The maximum absolute atomic E-state index is 13.2. The Balaban J connectivity index is 1.97. The Morgan fingerprint density at radius 1 is 1.00 bits per heavy atom. The van der Waals surface area contributed by atoms with Crippen LogP contribution in [0.15, 0.2) is 75.4 Å². The van der Waals surface area contributed by atoms with Crippen molar-refractivity contribution in [3.63, 3.8) is 0 Å². The second-order valence-electron chi connectivity index (χ2n) is 7.36. The van der Waals surface area contributed by atoms with E-state index in [-0.39, 0.29) is 10.8 Å². The van der Waals surface area contributed by atoms with Crippen molar-refractivity contribution < 1.29 is 13.2 Å². The number of hydrogen-bond donors (Lipinski definition) is 1. The molecule has 3 aromatic carbocycles. The van der Waals surface area contributed by atoms with E-state index in [4.69, 9.17) is 0 Å². The lowest BCUT2D eigenvalue weighted by Gasteiger charge is -2.17. The third-order valence-electron chi connectivity index (χ3n) is 5.03. The Morgan fingerprint density at radius 2 is 1.62 bits per heavy atom. The summed E-state index contributed by atoms with van der Waals surface area (Å²) >= 11 is 1.34. The van der Waals surface area contributed by atoms with Gasteiger partial charge in [-0.1, -0.05) is 36.0 Å². The summed E-state index contributed by atoms with van der Waals surface area (Å²) in [6.45, 7) is 3.64. The summed E-state index contributed by atoms with van der Waals surface area (Å²) < 4.78 is 26.3. The monoisotopic (exact) mass is 465 g/mol. The van der Waals surface area contributed by atoms with Crippen LogP contribution in [0, 0.1) is 25.2 Å². The van der Waals surface area contributed by atoms with Crippen LogP contribution in [-0.4, -0.2) is 32.7 Å². The van der Waals surface area contributed by atoms with Crippen LogP contribution in [0.2, 0.25) is 0 Å². The molecule has 1 amide bonds. The van der Waals surface area contributed by atoms with E-state index in [0.29, 0.717) is 21.7 Å². The molecule has 0 aliphatic rings. The first kappa shape index (κ1) is 23.5. The lowest BCUT2D eigenvalue weighted by Crippen LogP contribution is -2.23. The first-order valence-corrected chi connectivity index (χ1v) is 12.0. The van der Waals surface area contributed by atoms with Crippen LogP contribution in [0.25, 0.3) is 0 Å². The van der Waals surface area contributed by atoms with Gasteiger partial charge in [-0.2, -0.15) is 5.26 Å². The molecule has 0 atom stereocenters. The quantitative estimate of drug-likeness (QED) is 0.563. The van der Waals surface area contributed by atoms with Crippen LogP contribution in [-0.2, 0) is 10.0 Å². The van der Waals surface area contributed by atoms with Crippen LogP contribution in [0.1, 0.15) is 27.0 Å². The van der Waals surface area contributed by atoms with E-state index in [0.717, 1.165) is 20.3 Å². The van der Waals surface area contributed by atoms with Crippen LogP contribution < -0.4 is 5.32 Å². The van der Waals surface area contributed by atoms with Gasteiger partial charge < -0.3 is 5.32 Å². The number of sulfonamides is 1. The number of nitrogens with zero attached hydrogens (tertiary/aromatic N) is 2. The van der Waals surface area contributed by atoms with Gasteiger partial charge in [0.25, 0.3) is 5.91 Å². The van der Waals surface area contributed by atoms with Crippen LogP contribution >= 0.6 is 11.8 Å². The van der Waals surface area contributed by atoms with Crippen molar-refractivity contribution in [1.82, 2.24) is 4.31 Å². The van der Waals surface area contributed by atoms with Crippen molar-refractivity contribution in [2.24, 2.45) is 0 Å². The van der Waals surface area contributed by atoms with Crippen LogP contribution in [0.4, 0.5) is 5.69 Å². The predicted molar refractivity (Wildman–Crippen MR) is 126 cm³/mol. The highest BCUT2D eigenvalue weighted by Crippen LogP contribution is 2.33. The Hall–Kier alpha value is -3.12. The summed E-state index contributed by atoms with van der Waals surface area (Å²) in [6.07, 6.45) is 0. The molecule has 6 nitrogen and oxygen atoms in total. The number of carbonyl (C=O) groups excluding carboxylic acids is 1. The van der Waals surface area contributed by atoms with Gasteiger partial charge >= 0.3 is 0 Å². The van der Waals surface area contributed by atoms with Crippen molar-refractivity contribution in [2.75, 3.05) is 19.4 Å². The zero-order valence-corrected chi connectivity index (χ0v) is 19.8. The van der Waals surface area contributed by atoms with Gasteiger partial charge in [0.05, 0.1) is 16.0 Å². The summed E-state index contributed by atoms with van der Waals surface area (Å²) in [5.74, 6) is -0.357. The number of nitrogens with one attached hydrogen (secondary N) is 1. The minimum absolute atomic E-state index is 0.117. The van der Waals surface area contributed by atoms with Crippen molar-refractivity contribution in [2.45, 2.75) is 28.5 Å². The molecule has 0 bridgehead atoms. The molecule has 0 aromatic heterocycles. The summed E-state index contributed by atoms with van der Waals surface area (Å²) in [7, 11) is -0.713. The molecule has 8 heteroatoms. The van der Waals surface area contributed by atoms with Gasteiger partial charge in [0.15, 0.2) is 0 Å². The molecule has 0 spiro atoms. The van der Waals surface area contributed by atoms with Crippen molar-refractivity contribution in [3.8, 4) is 6.07 Å². The molecule has 0 fully saturated rings. The fourth-order valence-electron chi connectivity index (χ4n) is 3.02. The SMILES string of the molecule is Cc1cc(S(=O)(=O)N(C)C)cc(NC(=O)c2ccccc2Sc2ccccc2C#N)c1C. The summed E-state index contributed by atoms with van der Waals surface area (Å²) in [5, 5.41) is 12.2. The van der Waals surface area contributed by atoms with Crippen molar-refractivity contribution >= 4 is 33.4 Å². The summed E-state index contributed by atoms with van der Waals surface area (Å²) in [6, 6.07) is 19.6. The van der Waals surface area contributed by atoms with Crippen molar-refractivity contribution in [3.05, 3.63) is 82.9 Å². The Labute approximate surface area is 192 Å². The fourth-order valence-corrected chi connectivity index (χ4v) is 5.05. The van der Waals surface area contributed by atoms with Gasteiger partial charge in [0.1, 0.15) is 6.07 Å². The highest BCUT2D eigenvalue weighted by molar-refractivity contribution is 7.99. The van der Waals surface area contributed by atoms with Gasteiger partial charge in [-0.05, 0) is 61.4 Å². The Bertz CT molecular complexity index is 1330. The Morgan fingerprint density at radius 3 is 2.28 bits per heavy atom. The maximum Gasteiger partial charge on any atom is 0.256 e. The predicted octanol–water partition coefficient (Wildman–Crippen LogP) is 4.83. The largest absolute Gasteiger partial charge is 0.322 e. The standard InChI is InChI=1S/C24H23N3O3S2/c1-16-13-19(32(29,30)27(3)4)14-21(17(16)2)26-24(28)20-10-6-8-12-23(20)31-22-11-7-5-9-18(22)15-25/h5-14H,1-4H3,(H,26,28). The zero-order chi connectivity index (χ0) is 23.5. The van der Waals surface area contributed by atoms with E-state index in [2.05, 4.69) is 11.4 Å². The van der Waals surface area contributed by atoms with Gasteiger partial charge in [-0.15, -0.1) is 0 Å². The molecule has 0 saturated carbocycles. The van der Waals surface area contributed by atoms with E-state index in [1.54, 1.807) is 30.3 Å². The van der Waals surface area contributed by atoms with Gasteiger partial charge in [-0.25, -0.2) is 12.7 Å². The lowest BCUT2D eigenvalue weighted by molar-refractivity contribution is 0.102. The number of aryl methyl sites for hydroxylation is 1. The minimum atomic E-state index is -3.65. The third-order valence-corrected chi connectivity index (χ3v) is 7.97. The zero-order valence-electron chi connectivity index (χ0n) is 18.2. The first-order valence-electron chi connectivity index (χ1n) is 9.76. The highest BCUT2D eigenvalue weighted by Gasteiger charge is 2.21. The van der Waals surface area contributed by atoms with E-state index in [9.17, 15) is 18.5 Å². The molecule has 0 aliphatic carbocycles. The van der Waals surface area contributed by atoms with E-state index in [1.165, 1.54) is 31.9 Å². The number of anilines is 1. The molecule has 3 rings (SSSR count). The molecular formula is C24H23N3O3S2. The number of hydrogen-bond acceptors (Lipinski definition) is 5. The fraction of sp³-hybridized carbons (Fsp3) is 0.167. The Kier molecular flexibility index (Phi) is 7.04. The van der Waals surface area contributed by atoms with Crippen LogP contribution in [0.3, 0.4) is 0 Å². The van der Waals surface area contributed by atoms with E-state index >= 15 is 0 Å². The maximum atomic E-state index is 13.2. The smallest absolute Gasteiger partial charge is 0.256 e. The topological polar surface area (TPSA) is 90.3 Å². The average molecular weight is 466 g/mol. The third kappa shape index (κ3) is 4.86. The second-order valence-corrected chi connectivity index (χ2v) is 10.6. The summed E-state index contributed by atoms with van der Waals surface area (Å²) in [4.78, 5) is 14.8. The molecule has 0 aliphatic heterocycles. The molecule has 1 N–H and O–H groups in total. The number of benzene rings is 3. The molecule has 0 radical (unpaired) electrons. The van der Waals surface area contributed by atoms with Crippen LogP contribution in [0.5, 0.6) is 0 Å². The first-order chi connectivity index (χ1) is 15.1. The lowest BCUT2D eigenvalue weighted by atomic mass is 10.1. The van der Waals surface area contributed by atoms with Crippen molar-refractivity contribution in [1.29, 1.82) is 5.26 Å².